The largest absolute Gasteiger partial charge is 0.477 e. The Morgan fingerprint density at radius 1 is 0.903 bits per heavy atom. The van der Waals surface area contributed by atoms with Crippen molar-refractivity contribution < 1.29 is 27.9 Å². The highest BCUT2D eigenvalue weighted by Crippen LogP contribution is 2.37. The van der Waals surface area contributed by atoms with Gasteiger partial charge >= 0.3 is 5.97 Å². The van der Waals surface area contributed by atoms with Crippen molar-refractivity contribution in [3.8, 4) is 0 Å². The molecule has 0 unspecified atom stereocenters. The predicted molar refractivity (Wildman–Crippen MR) is 293 cm³/mol. The second kappa shape index (κ2) is 36.4. The van der Waals surface area contributed by atoms with Crippen molar-refractivity contribution in [3.63, 3.8) is 0 Å². The summed E-state index contributed by atoms with van der Waals surface area (Å²) in [6, 6.07) is 7.32. The van der Waals surface area contributed by atoms with Crippen LogP contribution in [0.1, 0.15) is 132 Å². The molecule has 0 radical (unpaired) electrons. The standard InChI is InChI=1S/C35H40FN9O4.C5H6N2O.C3H8.2C2H6.C2H4.2CH3F.CH2S/c1-3-22-17-23(8-7-21(22)2)38-35-40-32-28(33(47)41-35)37-20-44(32)12-6-4-5-11-42-13-15-43(16-14-42)31-27(36)18-25-29(46)26(34(48)49)19-45(24-9-10-24)30(25)39-31;1-4(8)5-2-6-3-7-5;1-3-2;6*1-2/h7-8,17-20,24H,3-6,9-16H2,1-2H3,(H,48,49)(H2,38,40,41,47);2-3H,1H3,(H,6,7);3H2,1-2H3;2*1-2H3;1-2H2;2*1H3;1H2. The number of alkyl halides is 2. The number of aromatic amines is 2. The van der Waals surface area contributed by atoms with Gasteiger partial charge in [0.25, 0.3) is 5.56 Å². The first kappa shape index (κ1) is 65.5. The number of aromatic nitrogens is 8. The Balaban J connectivity index is 0.00000187. The maximum absolute atomic E-state index is 15.3. The van der Waals surface area contributed by atoms with Gasteiger partial charge in [-0.25, -0.2) is 24.1 Å². The second-order valence-corrected chi connectivity index (χ2v) is 15.2. The predicted octanol–water partition coefficient (Wildman–Crippen LogP) is 11.3. The van der Waals surface area contributed by atoms with E-state index in [0.29, 0.717) is 62.4 Å². The summed E-state index contributed by atoms with van der Waals surface area (Å²) in [7, 11) is 1.00. The minimum atomic E-state index is -1.32. The number of anilines is 3. The first-order valence-electron chi connectivity index (χ1n) is 24.2. The van der Waals surface area contributed by atoms with Gasteiger partial charge in [-0.05, 0) is 80.8 Å². The molecule has 2 fully saturated rings. The van der Waals surface area contributed by atoms with Crippen LogP contribution in [-0.2, 0) is 13.0 Å². The van der Waals surface area contributed by atoms with Crippen LogP contribution < -0.4 is 21.2 Å². The molecule has 0 bridgehead atoms. The molecular weight excluding hydrogens is 948 g/mol. The van der Waals surface area contributed by atoms with E-state index in [1.807, 2.05) is 43.2 Å². The number of ketones is 1. The van der Waals surface area contributed by atoms with Crippen molar-refractivity contribution in [2.45, 2.75) is 120 Å². The van der Waals surface area contributed by atoms with E-state index >= 15 is 4.39 Å². The van der Waals surface area contributed by atoms with Crippen LogP contribution in [0.3, 0.4) is 0 Å². The van der Waals surface area contributed by atoms with E-state index in [-0.39, 0.29) is 34.2 Å². The number of carbonyl (C=O) groups is 2. The summed E-state index contributed by atoms with van der Waals surface area (Å²) < 4.78 is 38.0. The fourth-order valence-electron chi connectivity index (χ4n) is 7.11. The number of H-pyrrole nitrogens is 2. The maximum Gasteiger partial charge on any atom is 0.341 e. The van der Waals surface area contributed by atoms with E-state index in [1.54, 1.807) is 10.9 Å². The third-order valence-electron chi connectivity index (χ3n) is 10.5. The number of aromatic carboxylic acids is 1. The average molecular weight is 1030 g/mol. The van der Waals surface area contributed by atoms with Crippen molar-refractivity contribution in [2.75, 3.05) is 57.3 Å². The van der Waals surface area contributed by atoms with Crippen molar-refractivity contribution >= 4 is 69.5 Å². The number of nitrogens with zero attached hydrogens (tertiary/aromatic N) is 8. The molecule has 0 atom stereocenters. The molecule has 1 saturated heterocycles. The number of nitrogens with one attached hydrogen (secondary N) is 3. The highest BCUT2D eigenvalue weighted by atomic mass is 32.1. The minimum absolute atomic E-state index is 0.00261. The molecule has 0 amide bonds. The Bertz CT molecular complexity index is 2610. The van der Waals surface area contributed by atoms with E-state index in [0.717, 1.165) is 69.9 Å². The topological polar surface area (TPSA) is 200 Å². The number of unbranched alkanes of at least 4 members (excludes halogenated alkanes) is 2. The zero-order chi connectivity index (χ0) is 54.9. The highest BCUT2D eigenvalue weighted by Gasteiger charge is 2.29. The summed E-state index contributed by atoms with van der Waals surface area (Å²) >= 11 is 3.83. The SMILES string of the molecule is C=C.C=S.CC.CC.CC(=O)c1cnc[nH]1.CCC.CCc1cc(Nc2nc3c(ncn3CCCCCN3CCN(c4nc5c(cc4F)c(=O)c(C(=O)O)cn5C4CC4)CC3)c(=O)[nH]2)ccc1C.CF.CF. The molecule has 1 aliphatic carbocycles. The number of rotatable bonds is 13. The third-order valence-corrected chi connectivity index (χ3v) is 10.5. The highest BCUT2D eigenvalue weighted by molar-refractivity contribution is 7.77. The van der Waals surface area contributed by atoms with Gasteiger partial charge in [-0.3, -0.25) is 33.0 Å². The Morgan fingerprint density at radius 3 is 2.04 bits per heavy atom. The van der Waals surface area contributed by atoms with Gasteiger partial charge in [0, 0.05) is 57.6 Å². The summed E-state index contributed by atoms with van der Waals surface area (Å²) in [4.78, 5) is 74.6. The van der Waals surface area contributed by atoms with Crippen LogP contribution in [0.5, 0.6) is 0 Å². The number of fused-ring (bicyclic) bond motifs is 2. The number of piperazine rings is 1. The van der Waals surface area contributed by atoms with Crippen molar-refractivity contribution in [2.24, 2.45) is 0 Å². The lowest BCUT2D eigenvalue weighted by Gasteiger charge is -2.35. The van der Waals surface area contributed by atoms with Gasteiger partial charge in [0.1, 0.15) is 16.9 Å². The Labute approximate surface area is 428 Å². The molecule has 1 aliphatic heterocycles. The number of aryl methyl sites for hydroxylation is 3. The molecular formula is C52H78F3N11O5S. The fraction of sp³-hybridized carbons (Fsp3) is 0.481. The van der Waals surface area contributed by atoms with Gasteiger partial charge in [-0.1, -0.05) is 79.6 Å². The van der Waals surface area contributed by atoms with E-state index in [1.165, 1.54) is 43.2 Å². The number of carboxylic acid groups (broad SMARTS) is 1. The first-order valence-corrected chi connectivity index (χ1v) is 24.8. The van der Waals surface area contributed by atoms with Crippen molar-refractivity contribution in [3.05, 3.63) is 111 Å². The van der Waals surface area contributed by atoms with Crippen molar-refractivity contribution in [1.82, 2.24) is 43.9 Å². The van der Waals surface area contributed by atoms with Crippen LogP contribution in [0, 0.1) is 12.7 Å². The molecule has 5 aromatic heterocycles. The maximum atomic E-state index is 15.3. The number of Topliss-reactive ketones (excluding diaryl/α,β-unsaturated/α-hetero) is 1. The number of benzene rings is 1. The number of imidazole rings is 2. The van der Waals surface area contributed by atoms with Crippen LogP contribution in [0.25, 0.3) is 22.2 Å². The van der Waals surface area contributed by atoms with Gasteiger partial charge in [-0.2, -0.15) is 4.98 Å². The lowest BCUT2D eigenvalue weighted by molar-refractivity contribution is 0.0694. The molecule has 20 heteroatoms. The molecule has 16 nitrogen and oxygen atoms in total. The summed E-state index contributed by atoms with van der Waals surface area (Å²) in [6.45, 7) is 28.2. The monoisotopic (exact) mass is 1030 g/mol. The Morgan fingerprint density at radius 2 is 1.51 bits per heavy atom. The number of thiocarbonyl (C=S) groups is 1. The molecule has 4 N–H and O–H groups in total. The normalized spacial score (nSPS) is 12.2. The third kappa shape index (κ3) is 19.2. The molecule has 6 heterocycles. The number of carbonyl (C=O) groups excluding carboxylic acids is 1. The second-order valence-electron chi connectivity index (χ2n) is 15.2. The van der Waals surface area contributed by atoms with Crippen LogP contribution >= 0.6 is 12.2 Å². The van der Waals surface area contributed by atoms with Gasteiger partial charge in [-0.15, -0.1) is 13.2 Å². The zero-order valence-electron chi connectivity index (χ0n) is 44.2. The molecule has 8 rings (SSSR count). The molecule has 2 aliphatic rings. The van der Waals surface area contributed by atoms with Gasteiger partial charge in [0.05, 0.1) is 38.6 Å². The van der Waals surface area contributed by atoms with Gasteiger partial charge < -0.3 is 29.4 Å². The summed E-state index contributed by atoms with van der Waals surface area (Å²) in [5, 5.41) is 12.7. The molecule has 398 valence electrons. The van der Waals surface area contributed by atoms with E-state index < -0.39 is 17.2 Å². The van der Waals surface area contributed by atoms with E-state index in [2.05, 4.69) is 111 Å². The summed E-state index contributed by atoms with van der Waals surface area (Å²) in [5.74, 6) is 1.49. The number of halogens is 3. The zero-order valence-corrected chi connectivity index (χ0v) is 45.0. The number of hydrogen-bond donors (Lipinski definition) is 4. The van der Waals surface area contributed by atoms with Gasteiger partial charge in [0.2, 0.25) is 11.4 Å². The molecule has 0 spiro atoms. The number of carboxylic acids is 1. The minimum Gasteiger partial charge on any atom is -0.477 e. The van der Waals surface area contributed by atoms with Crippen molar-refractivity contribution in [1.29, 1.82) is 0 Å². The average Bonchev–Trinajstić information content (AvgIpc) is 3.93. The summed E-state index contributed by atoms with van der Waals surface area (Å²) in [6.07, 6.45) is 12.8. The van der Waals surface area contributed by atoms with Crippen LogP contribution in [-0.4, -0.2) is 114 Å². The number of pyridine rings is 2. The van der Waals surface area contributed by atoms with Crippen LogP contribution in [0.15, 0.2) is 72.1 Å². The van der Waals surface area contributed by atoms with E-state index in [9.17, 15) is 33.1 Å². The lowest BCUT2D eigenvalue weighted by Crippen LogP contribution is -2.47. The Kier molecular flexibility index (Phi) is 33.1. The Hall–Kier alpha value is -6.54. The van der Waals surface area contributed by atoms with Crippen LogP contribution in [0.2, 0.25) is 0 Å². The molecule has 1 saturated carbocycles. The summed E-state index contributed by atoms with van der Waals surface area (Å²) in [5.41, 5.74) is 3.74. The first-order chi connectivity index (χ1) is 34.9. The smallest absolute Gasteiger partial charge is 0.341 e. The fourth-order valence-corrected chi connectivity index (χ4v) is 7.11. The molecule has 6 aromatic rings. The molecule has 1 aromatic carbocycles. The van der Waals surface area contributed by atoms with Crippen LogP contribution in [0.4, 0.5) is 30.6 Å². The molecule has 72 heavy (non-hydrogen) atoms. The number of hydrogen-bond acceptors (Lipinski definition) is 12. The lowest BCUT2D eigenvalue weighted by atomic mass is 10.1. The quantitative estimate of drug-likeness (QED) is 0.0369. The van der Waals surface area contributed by atoms with Gasteiger partial charge in [0.15, 0.2) is 28.6 Å². The van der Waals surface area contributed by atoms with E-state index in [4.69, 9.17) is 0 Å².